The zero-order chi connectivity index (χ0) is 8.69. The van der Waals surface area contributed by atoms with E-state index in [0.717, 1.165) is 13.0 Å². The Hall–Kier alpha value is -0.480. The predicted molar refractivity (Wildman–Crippen MR) is 50.5 cm³/mol. The average molecular weight is 153 g/mol. The van der Waals surface area contributed by atoms with Gasteiger partial charge in [-0.1, -0.05) is 6.92 Å². The second-order valence-corrected chi connectivity index (χ2v) is 3.08. The van der Waals surface area contributed by atoms with Crippen LogP contribution in [0, 0.1) is 12.3 Å². The predicted octanol–water partition coefficient (Wildman–Crippen LogP) is 2.13. The van der Waals surface area contributed by atoms with Gasteiger partial charge in [-0.05, 0) is 26.8 Å². The summed E-state index contributed by atoms with van der Waals surface area (Å²) in [6.45, 7) is 8.84. The monoisotopic (exact) mass is 153 g/mol. The molecule has 0 aliphatic carbocycles. The lowest BCUT2D eigenvalue weighted by Gasteiger charge is -2.24. The Morgan fingerprint density at radius 1 is 1.36 bits per heavy atom. The largest absolute Gasteiger partial charge is 0.300 e. The number of terminal acetylenes is 1. The maximum absolute atomic E-state index is 5.20. The molecule has 0 amide bonds. The van der Waals surface area contributed by atoms with Gasteiger partial charge in [0.05, 0.1) is 0 Å². The van der Waals surface area contributed by atoms with Crippen molar-refractivity contribution in [2.75, 3.05) is 13.1 Å². The van der Waals surface area contributed by atoms with Crippen LogP contribution in [0.3, 0.4) is 0 Å². The van der Waals surface area contributed by atoms with Gasteiger partial charge in [0.15, 0.2) is 0 Å². The highest BCUT2D eigenvalue weighted by Crippen LogP contribution is 1.99. The number of nitrogens with zero attached hydrogens (tertiary/aromatic N) is 1. The highest BCUT2D eigenvalue weighted by atomic mass is 15.1. The summed E-state index contributed by atoms with van der Waals surface area (Å²) in [5, 5.41) is 0. The molecule has 0 heterocycles. The summed E-state index contributed by atoms with van der Waals surface area (Å²) in [4.78, 5) is 2.42. The molecule has 0 aromatic heterocycles. The standard InChI is InChI=1S/C10H19N/c1-5-7-9-11(8-6-2)10(3)4/h1,10H,6-9H2,2-4H3. The summed E-state index contributed by atoms with van der Waals surface area (Å²) < 4.78 is 0. The van der Waals surface area contributed by atoms with E-state index in [1.165, 1.54) is 13.0 Å². The highest BCUT2D eigenvalue weighted by molar-refractivity contribution is 4.85. The van der Waals surface area contributed by atoms with Crippen LogP contribution in [0.15, 0.2) is 0 Å². The zero-order valence-electron chi connectivity index (χ0n) is 7.93. The third kappa shape index (κ3) is 4.86. The molecule has 0 rings (SSSR count). The summed E-state index contributed by atoms with van der Waals surface area (Å²) in [6.07, 6.45) is 7.28. The van der Waals surface area contributed by atoms with Crippen LogP contribution in [0.4, 0.5) is 0 Å². The van der Waals surface area contributed by atoms with Crippen LogP contribution in [-0.2, 0) is 0 Å². The zero-order valence-corrected chi connectivity index (χ0v) is 7.93. The van der Waals surface area contributed by atoms with Gasteiger partial charge in [-0.15, -0.1) is 12.3 Å². The van der Waals surface area contributed by atoms with Crippen LogP contribution in [-0.4, -0.2) is 24.0 Å². The Kier molecular flexibility index (Phi) is 5.97. The van der Waals surface area contributed by atoms with Crippen molar-refractivity contribution in [1.29, 1.82) is 0 Å². The fourth-order valence-electron chi connectivity index (χ4n) is 1.12. The lowest BCUT2D eigenvalue weighted by molar-refractivity contribution is 0.227. The van der Waals surface area contributed by atoms with Crippen LogP contribution in [0.25, 0.3) is 0 Å². The lowest BCUT2D eigenvalue weighted by Crippen LogP contribution is -2.32. The molecular formula is C10H19N. The Balaban J connectivity index is 3.62. The Labute approximate surface area is 70.8 Å². The molecule has 64 valence electrons. The van der Waals surface area contributed by atoms with E-state index in [-0.39, 0.29) is 0 Å². The van der Waals surface area contributed by atoms with Crippen molar-refractivity contribution in [2.45, 2.75) is 39.7 Å². The van der Waals surface area contributed by atoms with Gasteiger partial charge < -0.3 is 4.90 Å². The van der Waals surface area contributed by atoms with E-state index < -0.39 is 0 Å². The van der Waals surface area contributed by atoms with Crippen LogP contribution >= 0.6 is 0 Å². The normalized spacial score (nSPS) is 10.5. The number of hydrogen-bond acceptors (Lipinski definition) is 1. The van der Waals surface area contributed by atoms with E-state index in [9.17, 15) is 0 Å². The Morgan fingerprint density at radius 2 is 2.00 bits per heavy atom. The van der Waals surface area contributed by atoms with Gasteiger partial charge in [0, 0.05) is 19.0 Å². The van der Waals surface area contributed by atoms with Crippen molar-refractivity contribution < 1.29 is 0 Å². The molecule has 1 nitrogen and oxygen atoms in total. The van der Waals surface area contributed by atoms with E-state index in [1.54, 1.807) is 0 Å². The molecule has 1 heteroatoms. The molecule has 0 radical (unpaired) electrons. The van der Waals surface area contributed by atoms with Gasteiger partial charge >= 0.3 is 0 Å². The van der Waals surface area contributed by atoms with Crippen LogP contribution in [0.1, 0.15) is 33.6 Å². The number of rotatable bonds is 5. The minimum atomic E-state index is 0.628. The number of hydrogen-bond donors (Lipinski definition) is 0. The molecule has 0 fully saturated rings. The van der Waals surface area contributed by atoms with Gasteiger partial charge in [-0.3, -0.25) is 0 Å². The first-order chi connectivity index (χ1) is 5.22. The molecule has 0 saturated carbocycles. The first-order valence-corrected chi connectivity index (χ1v) is 4.39. The van der Waals surface area contributed by atoms with E-state index in [2.05, 4.69) is 31.6 Å². The summed E-state index contributed by atoms with van der Waals surface area (Å²) in [6, 6.07) is 0.628. The van der Waals surface area contributed by atoms with Crippen molar-refractivity contribution >= 4 is 0 Å². The van der Waals surface area contributed by atoms with Crippen molar-refractivity contribution in [1.82, 2.24) is 4.90 Å². The van der Waals surface area contributed by atoms with Gasteiger partial charge in [0.2, 0.25) is 0 Å². The third-order valence-corrected chi connectivity index (χ3v) is 1.78. The highest BCUT2D eigenvalue weighted by Gasteiger charge is 2.05. The first kappa shape index (κ1) is 10.5. The molecule has 0 aliphatic rings. The summed E-state index contributed by atoms with van der Waals surface area (Å²) >= 11 is 0. The fourth-order valence-corrected chi connectivity index (χ4v) is 1.12. The molecule has 0 unspecified atom stereocenters. The molecule has 0 atom stereocenters. The average Bonchev–Trinajstić information content (AvgIpc) is 1.97. The van der Waals surface area contributed by atoms with Crippen LogP contribution < -0.4 is 0 Å². The quantitative estimate of drug-likeness (QED) is 0.547. The van der Waals surface area contributed by atoms with Gasteiger partial charge in [-0.25, -0.2) is 0 Å². The summed E-state index contributed by atoms with van der Waals surface area (Å²) in [7, 11) is 0. The van der Waals surface area contributed by atoms with E-state index >= 15 is 0 Å². The molecule has 0 aliphatic heterocycles. The minimum absolute atomic E-state index is 0.628. The van der Waals surface area contributed by atoms with Crippen molar-refractivity contribution in [2.24, 2.45) is 0 Å². The van der Waals surface area contributed by atoms with Crippen LogP contribution in [0.5, 0.6) is 0 Å². The Morgan fingerprint density at radius 3 is 2.36 bits per heavy atom. The molecule has 0 spiro atoms. The Bertz CT molecular complexity index is 121. The molecule has 0 saturated heterocycles. The molecule has 0 aromatic carbocycles. The third-order valence-electron chi connectivity index (χ3n) is 1.78. The SMILES string of the molecule is C#CCCN(CCC)C(C)C. The maximum Gasteiger partial charge on any atom is 0.0214 e. The summed E-state index contributed by atoms with van der Waals surface area (Å²) in [5.74, 6) is 2.67. The van der Waals surface area contributed by atoms with Gasteiger partial charge in [0.25, 0.3) is 0 Å². The van der Waals surface area contributed by atoms with Crippen molar-refractivity contribution in [3.05, 3.63) is 0 Å². The van der Waals surface area contributed by atoms with E-state index in [4.69, 9.17) is 6.42 Å². The smallest absolute Gasteiger partial charge is 0.0214 e. The fraction of sp³-hybridized carbons (Fsp3) is 0.800. The molecule has 0 aromatic rings. The topological polar surface area (TPSA) is 3.24 Å². The molecule has 11 heavy (non-hydrogen) atoms. The molecule has 0 bridgehead atoms. The summed E-state index contributed by atoms with van der Waals surface area (Å²) in [5.41, 5.74) is 0. The molecular weight excluding hydrogens is 134 g/mol. The van der Waals surface area contributed by atoms with Crippen LogP contribution in [0.2, 0.25) is 0 Å². The van der Waals surface area contributed by atoms with E-state index in [1.807, 2.05) is 0 Å². The minimum Gasteiger partial charge on any atom is -0.300 e. The second-order valence-electron chi connectivity index (χ2n) is 3.08. The lowest BCUT2D eigenvalue weighted by atomic mass is 10.2. The second kappa shape index (κ2) is 6.24. The van der Waals surface area contributed by atoms with Crippen molar-refractivity contribution in [3.8, 4) is 12.3 Å². The van der Waals surface area contributed by atoms with Gasteiger partial charge in [-0.2, -0.15) is 0 Å². The maximum atomic E-state index is 5.20. The van der Waals surface area contributed by atoms with Crippen molar-refractivity contribution in [3.63, 3.8) is 0 Å². The first-order valence-electron chi connectivity index (χ1n) is 4.39. The van der Waals surface area contributed by atoms with E-state index in [0.29, 0.717) is 6.04 Å². The van der Waals surface area contributed by atoms with Gasteiger partial charge in [0.1, 0.15) is 0 Å². The molecule has 0 N–H and O–H groups in total.